The number of amides is 2. The second kappa shape index (κ2) is 12.4. The van der Waals surface area contributed by atoms with Gasteiger partial charge in [-0.2, -0.15) is 0 Å². The van der Waals surface area contributed by atoms with Crippen molar-refractivity contribution in [3.63, 3.8) is 0 Å². The summed E-state index contributed by atoms with van der Waals surface area (Å²) in [5, 5.41) is 0. The third kappa shape index (κ3) is 8.82. The lowest BCUT2D eigenvalue weighted by Crippen LogP contribution is -2.42. The number of carbonyl (C=O) groups excluding carboxylic acids is 2. The van der Waals surface area contributed by atoms with Gasteiger partial charge in [0.15, 0.2) is 0 Å². The van der Waals surface area contributed by atoms with Gasteiger partial charge in [0.2, 0.25) is 0 Å². The van der Waals surface area contributed by atoms with Crippen LogP contribution in [0.25, 0.3) is 0 Å². The van der Waals surface area contributed by atoms with Crippen molar-refractivity contribution in [2.24, 2.45) is 11.8 Å². The molecule has 0 atom stereocenters. The summed E-state index contributed by atoms with van der Waals surface area (Å²) < 4.78 is 11.0. The molecule has 0 bridgehead atoms. The molecule has 2 aliphatic rings. The van der Waals surface area contributed by atoms with E-state index in [0.29, 0.717) is 18.4 Å². The van der Waals surface area contributed by atoms with E-state index >= 15 is 0 Å². The predicted octanol–water partition coefficient (Wildman–Crippen LogP) is 5.00. The zero-order chi connectivity index (χ0) is 24.6. The Hall–Kier alpha value is -2.28. The minimum atomic E-state index is -0.435. The van der Waals surface area contributed by atoms with Crippen LogP contribution in [-0.2, 0) is 16.1 Å². The molecule has 7 heteroatoms. The molecule has 2 amide bonds. The monoisotopic (exact) mass is 473 g/mol. The standard InChI is InChI=1S/C27H43N3O4/c1-27(2,3)34-26(32)30-16-11-22(12-17-30)10-15-28(4)20-23-13-18-29(19-14-23)25(31)33-21-24-8-6-5-7-9-24/h5-9,22-23H,10-21H2,1-4H3. The van der Waals surface area contributed by atoms with Crippen molar-refractivity contribution in [2.75, 3.05) is 46.3 Å². The van der Waals surface area contributed by atoms with Crippen molar-refractivity contribution in [1.82, 2.24) is 14.7 Å². The van der Waals surface area contributed by atoms with Crippen molar-refractivity contribution >= 4 is 12.2 Å². The van der Waals surface area contributed by atoms with Gasteiger partial charge in [-0.15, -0.1) is 0 Å². The minimum Gasteiger partial charge on any atom is -0.445 e. The molecule has 0 spiro atoms. The number of hydrogen-bond donors (Lipinski definition) is 0. The Morgan fingerprint density at radius 2 is 1.47 bits per heavy atom. The number of hydrogen-bond acceptors (Lipinski definition) is 5. The van der Waals surface area contributed by atoms with Crippen LogP contribution in [0.5, 0.6) is 0 Å². The molecule has 0 unspecified atom stereocenters. The molecule has 34 heavy (non-hydrogen) atoms. The third-order valence-corrected chi connectivity index (χ3v) is 6.83. The average Bonchev–Trinajstić information content (AvgIpc) is 2.81. The Balaban J connectivity index is 1.27. The van der Waals surface area contributed by atoms with E-state index < -0.39 is 5.60 Å². The fourth-order valence-corrected chi connectivity index (χ4v) is 4.77. The van der Waals surface area contributed by atoms with Gasteiger partial charge in [-0.25, -0.2) is 9.59 Å². The van der Waals surface area contributed by atoms with E-state index in [1.165, 1.54) is 6.42 Å². The lowest BCUT2D eigenvalue weighted by atomic mass is 9.93. The Morgan fingerprint density at radius 3 is 2.06 bits per heavy atom. The molecule has 1 aromatic rings. The molecule has 2 saturated heterocycles. The summed E-state index contributed by atoms with van der Waals surface area (Å²) >= 11 is 0. The summed E-state index contributed by atoms with van der Waals surface area (Å²) in [6.45, 7) is 11.4. The second-order valence-corrected chi connectivity index (χ2v) is 10.9. The summed E-state index contributed by atoms with van der Waals surface area (Å²) in [7, 11) is 2.20. The number of benzene rings is 1. The molecule has 2 aliphatic heterocycles. The molecular weight excluding hydrogens is 430 g/mol. The molecule has 3 rings (SSSR count). The van der Waals surface area contributed by atoms with Crippen LogP contribution in [0, 0.1) is 11.8 Å². The molecule has 0 saturated carbocycles. The van der Waals surface area contributed by atoms with Crippen LogP contribution in [-0.4, -0.2) is 78.8 Å². The van der Waals surface area contributed by atoms with Crippen molar-refractivity contribution < 1.29 is 19.1 Å². The highest BCUT2D eigenvalue weighted by molar-refractivity contribution is 5.68. The number of ether oxygens (including phenoxy) is 2. The maximum Gasteiger partial charge on any atom is 0.410 e. The third-order valence-electron chi connectivity index (χ3n) is 6.83. The van der Waals surface area contributed by atoms with Crippen LogP contribution < -0.4 is 0 Å². The second-order valence-electron chi connectivity index (χ2n) is 10.9. The van der Waals surface area contributed by atoms with E-state index in [9.17, 15) is 9.59 Å². The zero-order valence-corrected chi connectivity index (χ0v) is 21.5. The van der Waals surface area contributed by atoms with E-state index in [-0.39, 0.29) is 12.2 Å². The van der Waals surface area contributed by atoms with Crippen LogP contribution in [0.1, 0.15) is 58.4 Å². The average molecular weight is 474 g/mol. The molecule has 2 heterocycles. The molecule has 190 valence electrons. The number of nitrogens with zero attached hydrogens (tertiary/aromatic N) is 3. The first kappa shape index (κ1) is 26.3. The molecule has 1 aromatic carbocycles. The van der Waals surface area contributed by atoms with E-state index in [1.54, 1.807) is 0 Å². The summed E-state index contributed by atoms with van der Waals surface area (Å²) in [6.07, 6.45) is 4.95. The fourth-order valence-electron chi connectivity index (χ4n) is 4.77. The van der Waals surface area contributed by atoms with Gasteiger partial charge >= 0.3 is 12.2 Å². The molecular formula is C27H43N3O4. The van der Waals surface area contributed by atoms with Crippen molar-refractivity contribution in [3.8, 4) is 0 Å². The maximum atomic E-state index is 12.4. The smallest absolute Gasteiger partial charge is 0.410 e. The fraction of sp³-hybridized carbons (Fsp3) is 0.704. The van der Waals surface area contributed by atoms with Crippen LogP contribution in [0.15, 0.2) is 30.3 Å². The van der Waals surface area contributed by atoms with Crippen LogP contribution in [0.4, 0.5) is 9.59 Å². The highest BCUT2D eigenvalue weighted by atomic mass is 16.6. The zero-order valence-electron chi connectivity index (χ0n) is 21.5. The minimum absolute atomic E-state index is 0.182. The lowest BCUT2D eigenvalue weighted by molar-refractivity contribution is 0.0177. The molecule has 0 aliphatic carbocycles. The first-order valence-electron chi connectivity index (χ1n) is 12.8. The quantitative estimate of drug-likeness (QED) is 0.557. The summed E-state index contributed by atoms with van der Waals surface area (Å²) in [6, 6.07) is 9.82. The number of likely N-dealkylation sites (tertiary alicyclic amines) is 2. The molecule has 2 fully saturated rings. The van der Waals surface area contributed by atoms with Gasteiger partial charge in [0.05, 0.1) is 0 Å². The SMILES string of the molecule is CN(CCC1CCN(C(=O)OC(C)(C)C)CC1)CC1CCN(C(=O)OCc2ccccc2)CC1. The highest BCUT2D eigenvalue weighted by Gasteiger charge is 2.28. The van der Waals surface area contributed by atoms with Crippen molar-refractivity contribution in [2.45, 2.75) is 65.1 Å². The molecule has 0 radical (unpaired) electrons. The predicted molar refractivity (Wildman–Crippen MR) is 134 cm³/mol. The Morgan fingerprint density at radius 1 is 0.912 bits per heavy atom. The summed E-state index contributed by atoms with van der Waals surface area (Å²) in [4.78, 5) is 30.7. The Bertz CT molecular complexity index is 764. The van der Waals surface area contributed by atoms with Crippen molar-refractivity contribution in [3.05, 3.63) is 35.9 Å². The van der Waals surface area contributed by atoms with Crippen LogP contribution in [0.2, 0.25) is 0 Å². The number of rotatable bonds is 7. The van der Waals surface area contributed by atoms with Gasteiger partial charge in [0.25, 0.3) is 0 Å². The van der Waals surface area contributed by atoms with E-state index in [0.717, 1.165) is 70.5 Å². The van der Waals surface area contributed by atoms with Gasteiger partial charge in [0.1, 0.15) is 12.2 Å². The summed E-state index contributed by atoms with van der Waals surface area (Å²) in [5.74, 6) is 1.29. The van der Waals surface area contributed by atoms with Gasteiger partial charge in [-0.3, -0.25) is 0 Å². The van der Waals surface area contributed by atoms with E-state index in [2.05, 4.69) is 11.9 Å². The topological polar surface area (TPSA) is 62.3 Å². The Kier molecular flexibility index (Phi) is 9.63. The van der Waals surface area contributed by atoms with E-state index in [4.69, 9.17) is 9.47 Å². The van der Waals surface area contributed by atoms with Gasteiger partial charge in [-0.1, -0.05) is 30.3 Å². The first-order chi connectivity index (χ1) is 16.2. The lowest BCUT2D eigenvalue weighted by Gasteiger charge is -2.35. The highest BCUT2D eigenvalue weighted by Crippen LogP contribution is 2.24. The van der Waals surface area contributed by atoms with Crippen LogP contribution >= 0.6 is 0 Å². The Labute approximate surface area is 205 Å². The number of carbonyl (C=O) groups is 2. The van der Waals surface area contributed by atoms with Crippen LogP contribution in [0.3, 0.4) is 0 Å². The van der Waals surface area contributed by atoms with E-state index in [1.807, 2.05) is 60.9 Å². The normalized spacial score (nSPS) is 18.3. The first-order valence-corrected chi connectivity index (χ1v) is 12.8. The molecule has 7 nitrogen and oxygen atoms in total. The summed E-state index contributed by atoms with van der Waals surface area (Å²) in [5.41, 5.74) is 0.581. The van der Waals surface area contributed by atoms with Gasteiger partial charge < -0.3 is 24.2 Å². The van der Waals surface area contributed by atoms with Gasteiger partial charge in [-0.05, 0) is 83.9 Å². The van der Waals surface area contributed by atoms with Gasteiger partial charge in [0, 0.05) is 32.7 Å². The molecule has 0 N–H and O–H groups in total. The molecule has 0 aromatic heterocycles. The number of piperidine rings is 2. The maximum absolute atomic E-state index is 12.4. The van der Waals surface area contributed by atoms with Crippen molar-refractivity contribution in [1.29, 1.82) is 0 Å². The largest absolute Gasteiger partial charge is 0.445 e.